The molecule has 1 unspecified atom stereocenters. The highest BCUT2D eigenvalue weighted by atomic mass is 32.1. The van der Waals surface area contributed by atoms with Crippen molar-refractivity contribution in [2.24, 2.45) is 0 Å². The molecule has 3 rings (SSSR count). The van der Waals surface area contributed by atoms with Crippen LogP contribution < -0.4 is 0 Å². The minimum Gasteiger partial charge on any atom is -0.394 e. The Balaban J connectivity index is 2.10. The first-order valence-corrected chi connectivity index (χ1v) is 7.47. The number of aromatic amines is 1. The van der Waals surface area contributed by atoms with Crippen LogP contribution in [0.4, 0.5) is 17.6 Å². The minimum atomic E-state index is -4.93. The van der Waals surface area contributed by atoms with Gasteiger partial charge in [0.1, 0.15) is 34.9 Å². The van der Waals surface area contributed by atoms with Crippen LogP contribution in [-0.2, 0) is 10.9 Å². The number of aromatic nitrogens is 2. The maximum Gasteiger partial charge on any atom is 0.434 e. The molecular weight excluding hydrogens is 368 g/mol. The quantitative estimate of drug-likeness (QED) is 0.466. The lowest BCUT2D eigenvalue weighted by atomic mass is 10.0. The summed E-state index contributed by atoms with van der Waals surface area (Å²) >= 11 is 5.01. The average Bonchev–Trinajstić information content (AvgIpc) is 2.81. The van der Waals surface area contributed by atoms with E-state index in [-0.39, 0.29) is 21.6 Å². The highest BCUT2D eigenvalue weighted by Gasteiger charge is 2.44. The molecular formula is C14H12F4N2O4S. The second kappa shape index (κ2) is 6.25. The lowest BCUT2D eigenvalue weighted by Crippen LogP contribution is -2.32. The summed E-state index contributed by atoms with van der Waals surface area (Å²) in [6.07, 6.45) is -9.94. The number of hydrogen-bond donors (Lipinski definition) is 4. The number of aliphatic hydroxyl groups is 3. The van der Waals surface area contributed by atoms with Gasteiger partial charge >= 0.3 is 6.18 Å². The van der Waals surface area contributed by atoms with E-state index in [1.54, 1.807) is 0 Å². The summed E-state index contributed by atoms with van der Waals surface area (Å²) in [4.78, 5) is 5.67. The molecule has 0 bridgehead atoms. The number of halogens is 4. The Morgan fingerprint density at radius 3 is 2.48 bits per heavy atom. The number of aliphatic hydroxyl groups excluding tert-OH is 3. The van der Waals surface area contributed by atoms with Crippen LogP contribution in [0.2, 0.25) is 0 Å². The maximum absolute atomic E-state index is 13.7. The number of alkyl halides is 3. The fourth-order valence-electron chi connectivity index (χ4n) is 2.69. The van der Waals surface area contributed by atoms with Crippen molar-refractivity contribution in [3.05, 3.63) is 33.8 Å². The van der Waals surface area contributed by atoms with Crippen LogP contribution in [0.15, 0.2) is 12.1 Å². The third-order valence-corrected chi connectivity index (χ3v) is 4.27. The highest BCUT2D eigenvalue weighted by Crippen LogP contribution is 2.37. The largest absolute Gasteiger partial charge is 0.434 e. The summed E-state index contributed by atoms with van der Waals surface area (Å²) in [6.45, 7) is -0.556. The summed E-state index contributed by atoms with van der Waals surface area (Å²) in [7, 11) is 0. The first-order valence-electron chi connectivity index (χ1n) is 7.06. The Bertz CT molecular complexity index is 828. The predicted molar refractivity (Wildman–Crippen MR) is 77.7 cm³/mol. The van der Waals surface area contributed by atoms with E-state index < -0.39 is 48.7 Å². The van der Waals surface area contributed by atoms with E-state index in [2.05, 4.69) is 4.98 Å². The van der Waals surface area contributed by atoms with Gasteiger partial charge in [0, 0.05) is 11.1 Å². The molecule has 11 heteroatoms. The van der Waals surface area contributed by atoms with Gasteiger partial charge in [0.15, 0.2) is 11.5 Å². The van der Waals surface area contributed by atoms with Crippen molar-refractivity contribution in [2.75, 3.05) is 6.61 Å². The monoisotopic (exact) mass is 380 g/mol. The van der Waals surface area contributed by atoms with Crippen molar-refractivity contribution < 1.29 is 37.6 Å². The van der Waals surface area contributed by atoms with Gasteiger partial charge in [-0.1, -0.05) is 12.2 Å². The van der Waals surface area contributed by atoms with E-state index in [1.165, 1.54) is 6.07 Å². The molecule has 0 radical (unpaired) electrons. The second-order valence-electron chi connectivity index (χ2n) is 5.57. The molecule has 4 atom stereocenters. The van der Waals surface area contributed by atoms with Crippen LogP contribution >= 0.6 is 12.2 Å². The van der Waals surface area contributed by atoms with E-state index in [9.17, 15) is 27.8 Å². The van der Waals surface area contributed by atoms with Crippen LogP contribution in [-0.4, -0.2) is 50.2 Å². The Morgan fingerprint density at radius 2 is 1.92 bits per heavy atom. The fraction of sp³-hybridized carbons (Fsp3) is 0.429. The lowest BCUT2D eigenvalue weighted by molar-refractivity contribution is -0.143. The number of rotatable bonds is 2. The van der Waals surface area contributed by atoms with E-state index >= 15 is 0 Å². The SMILES string of the molecule is OC[C@H]1O[C@@H](c2cc3cc(F)c(C(F)(F)F)[nH]c-3nc2=S)[C@@H](O)C1O. The number of hydrogen-bond acceptors (Lipinski definition) is 6. The Morgan fingerprint density at radius 1 is 1.24 bits per heavy atom. The molecule has 0 spiro atoms. The molecule has 1 saturated heterocycles. The van der Waals surface area contributed by atoms with Gasteiger partial charge in [-0.3, -0.25) is 0 Å². The van der Waals surface area contributed by atoms with Gasteiger partial charge in [-0.05, 0) is 12.1 Å². The average molecular weight is 380 g/mol. The molecule has 4 N–H and O–H groups in total. The molecule has 3 aliphatic rings. The normalized spacial score (nSPS) is 27.2. The molecule has 3 aliphatic heterocycles. The lowest BCUT2D eigenvalue weighted by Gasteiger charge is -2.18. The summed E-state index contributed by atoms with van der Waals surface area (Å²) < 4.78 is 57.1. The first kappa shape index (κ1) is 18.1. The van der Waals surface area contributed by atoms with Gasteiger partial charge in [-0.15, -0.1) is 0 Å². The van der Waals surface area contributed by atoms with Crippen molar-refractivity contribution in [1.29, 1.82) is 0 Å². The molecule has 0 aromatic carbocycles. The van der Waals surface area contributed by atoms with Crippen molar-refractivity contribution in [3.8, 4) is 11.4 Å². The van der Waals surface area contributed by atoms with Gasteiger partial charge in [0.25, 0.3) is 0 Å². The van der Waals surface area contributed by atoms with E-state index in [1.807, 2.05) is 4.98 Å². The van der Waals surface area contributed by atoms with Crippen molar-refractivity contribution >= 4 is 12.2 Å². The number of nitrogens with one attached hydrogen (secondary N) is 1. The van der Waals surface area contributed by atoms with Gasteiger partial charge in [0.05, 0.1) is 6.61 Å². The van der Waals surface area contributed by atoms with Gasteiger partial charge in [0.2, 0.25) is 0 Å². The smallest absolute Gasteiger partial charge is 0.394 e. The van der Waals surface area contributed by atoms with Gasteiger partial charge in [-0.2, -0.15) is 13.2 Å². The standard InChI is InChI=1S/C14H12F4N2O4S/c15-6-2-4-1-5(10-9(23)8(22)7(3-21)24-10)13(25)20-12(4)19-11(6)14(16,17)18/h1-2,7-10,21-23H,3H2,(H,19,20,25)/t7-,8?,9+,10+/m1/s1. The molecule has 3 heterocycles. The summed E-state index contributed by atoms with van der Waals surface area (Å²) in [5, 5.41) is 28.9. The maximum atomic E-state index is 13.7. The number of nitrogens with zero attached hydrogens (tertiary/aromatic N) is 1. The Hall–Kier alpha value is -1.66. The molecule has 1 fully saturated rings. The topological polar surface area (TPSA) is 98.6 Å². The Labute approximate surface area is 143 Å². The summed E-state index contributed by atoms with van der Waals surface area (Å²) in [5.74, 6) is -1.81. The number of ether oxygens (including phenoxy) is 1. The number of pyridine rings is 2. The molecule has 0 amide bonds. The second-order valence-corrected chi connectivity index (χ2v) is 5.96. The third-order valence-electron chi connectivity index (χ3n) is 3.94. The zero-order valence-electron chi connectivity index (χ0n) is 12.3. The first-order chi connectivity index (χ1) is 11.6. The zero-order valence-corrected chi connectivity index (χ0v) is 13.1. The highest BCUT2D eigenvalue weighted by molar-refractivity contribution is 7.71. The van der Waals surface area contributed by atoms with Crippen molar-refractivity contribution in [3.63, 3.8) is 0 Å². The third kappa shape index (κ3) is 3.13. The van der Waals surface area contributed by atoms with Crippen LogP contribution in [0, 0.1) is 10.5 Å². The molecule has 0 aromatic rings. The predicted octanol–water partition coefficient (Wildman–Crippen LogP) is 1.56. The summed E-state index contributed by atoms with van der Waals surface area (Å²) in [6, 6.07) is 1.87. The number of H-pyrrole nitrogens is 1. The van der Waals surface area contributed by atoms with Crippen LogP contribution in [0.5, 0.6) is 0 Å². The molecule has 0 aromatic heterocycles. The minimum absolute atomic E-state index is 0.0214. The van der Waals surface area contributed by atoms with E-state index in [0.29, 0.717) is 6.07 Å². The van der Waals surface area contributed by atoms with Gasteiger partial charge < -0.3 is 25.0 Å². The van der Waals surface area contributed by atoms with E-state index in [0.717, 1.165) is 0 Å². The molecule has 0 saturated carbocycles. The van der Waals surface area contributed by atoms with Crippen molar-refractivity contribution in [2.45, 2.75) is 30.6 Å². The van der Waals surface area contributed by atoms with Crippen LogP contribution in [0.3, 0.4) is 0 Å². The molecule has 0 aliphatic carbocycles. The van der Waals surface area contributed by atoms with Gasteiger partial charge in [-0.25, -0.2) is 9.37 Å². The van der Waals surface area contributed by atoms with Crippen LogP contribution in [0.1, 0.15) is 17.4 Å². The Kier molecular flexibility index (Phi) is 4.54. The molecule has 6 nitrogen and oxygen atoms in total. The van der Waals surface area contributed by atoms with Crippen molar-refractivity contribution in [1.82, 2.24) is 9.97 Å². The molecule has 25 heavy (non-hydrogen) atoms. The fourth-order valence-corrected chi connectivity index (χ4v) is 2.96. The van der Waals surface area contributed by atoms with E-state index in [4.69, 9.17) is 22.1 Å². The number of fused-ring (bicyclic) bond motifs is 1. The molecule has 136 valence electrons. The van der Waals surface area contributed by atoms with Crippen LogP contribution in [0.25, 0.3) is 11.4 Å². The zero-order chi connectivity index (χ0) is 18.5. The summed E-state index contributed by atoms with van der Waals surface area (Å²) in [5.41, 5.74) is -1.51.